The Kier molecular flexibility index (Phi) is 4.69. The Morgan fingerprint density at radius 3 is 2.19 bits per heavy atom. The van der Waals surface area contributed by atoms with Gasteiger partial charge >= 0.3 is 0 Å². The lowest BCUT2D eigenvalue weighted by Crippen LogP contribution is -2.14. The highest BCUT2D eigenvalue weighted by Crippen LogP contribution is 2.22. The van der Waals surface area contributed by atoms with Gasteiger partial charge in [-0.1, -0.05) is 29.3 Å². The largest absolute Gasteiger partial charge is 0.485 e. The first-order chi connectivity index (χ1) is 9.88. The summed E-state index contributed by atoms with van der Waals surface area (Å²) < 4.78 is 5.59. The second kappa shape index (κ2) is 6.31. The number of carbonyl (C=O) groups is 1. The van der Waals surface area contributed by atoms with Gasteiger partial charge in [-0.15, -0.1) is 0 Å². The zero-order valence-electron chi connectivity index (χ0n) is 12.8. The topological polar surface area (TPSA) is 26.3 Å². The lowest BCUT2D eigenvalue weighted by Gasteiger charge is -2.12. The van der Waals surface area contributed by atoms with Crippen LogP contribution in [0.15, 0.2) is 30.3 Å². The van der Waals surface area contributed by atoms with Crippen molar-refractivity contribution in [3.63, 3.8) is 0 Å². The van der Waals surface area contributed by atoms with E-state index >= 15 is 0 Å². The fourth-order valence-corrected chi connectivity index (χ4v) is 2.67. The summed E-state index contributed by atoms with van der Waals surface area (Å²) in [5.41, 5.74) is 4.84. The molecule has 2 aromatic carbocycles. The Hall–Kier alpha value is -1.80. The molecule has 0 bridgehead atoms. The van der Waals surface area contributed by atoms with Crippen LogP contribution in [0.2, 0.25) is 5.02 Å². The second-order valence-electron chi connectivity index (χ2n) is 5.40. The molecule has 21 heavy (non-hydrogen) atoms. The van der Waals surface area contributed by atoms with Crippen LogP contribution in [0.5, 0.6) is 5.75 Å². The number of hydrogen-bond acceptors (Lipinski definition) is 2. The average Bonchev–Trinajstić information content (AvgIpc) is 2.39. The summed E-state index contributed by atoms with van der Waals surface area (Å²) >= 11 is 5.97. The molecule has 0 aliphatic rings. The van der Waals surface area contributed by atoms with Crippen molar-refractivity contribution in [2.24, 2.45) is 0 Å². The number of Topliss-reactive ketones (excluding diaryl/α,β-unsaturated/α-hetero) is 1. The fraction of sp³-hybridized carbons (Fsp3) is 0.278. The number of ether oxygens (including phenoxy) is 1. The summed E-state index contributed by atoms with van der Waals surface area (Å²) in [7, 11) is 0. The molecule has 0 atom stereocenters. The van der Waals surface area contributed by atoms with Gasteiger partial charge in [0.2, 0.25) is 5.78 Å². The summed E-state index contributed by atoms with van der Waals surface area (Å²) in [6.07, 6.45) is 0. The number of benzene rings is 2. The molecule has 0 saturated heterocycles. The quantitative estimate of drug-likeness (QED) is 0.756. The van der Waals surface area contributed by atoms with Crippen LogP contribution in [0.25, 0.3) is 0 Å². The molecule has 3 heteroatoms. The van der Waals surface area contributed by atoms with E-state index < -0.39 is 0 Å². The molecule has 0 unspecified atom stereocenters. The molecule has 110 valence electrons. The molecular weight excluding hydrogens is 284 g/mol. The van der Waals surface area contributed by atoms with Gasteiger partial charge in [-0.05, 0) is 62.6 Å². The molecule has 0 N–H and O–H groups in total. The van der Waals surface area contributed by atoms with Crippen molar-refractivity contribution in [2.75, 3.05) is 6.61 Å². The Morgan fingerprint density at radius 1 is 1.00 bits per heavy atom. The number of carbonyl (C=O) groups excluding carboxylic acids is 1. The predicted octanol–water partition coefficient (Wildman–Crippen LogP) is 4.84. The lowest BCUT2D eigenvalue weighted by molar-refractivity contribution is 0.0920. The van der Waals surface area contributed by atoms with E-state index in [9.17, 15) is 4.79 Å². The number of ketones is 1. The second-order valence-corrected chi connectivity index (χ2v) is 5.80. The molecule has 2 rings (SSSR count). The highest BCUT2D eigenvalue weighted by molar-refractivity contribution is 6.31. The van der Waals surface area contributed by atoms with Crippen molar-refractivity contribution in [3.8, 4) is 5.75 Å². The maximum atomic E-state index is 12.4. The Balaban J connectivity index is 2.13. The minimum atomic E-state index is -0.00222. The van der Waals surface area contributed by atoms with Crippen molar-refractivity contribution in [1.29, 1.82) is 0 Å². The number of hydrogen-bond donors (Lipinski definition) is 0. The van der Waals surface area contributed by atoms with Crippen molar-refractivity contribution in [3.05, 3.63) is 63.2 Å². The fourth-order valence-electron chi connectivity index (χ4n) is 2.55. The first kappa shape index (κ1) is 15.6. The molecule has 0 saturated carbocycles. The van der Waals surface area contributed by atoms with Gasteiger partial charge in [0.05, 0.1) is 0 Å². The lowest BCUT2D eigenvalue weighted by atomic mass is 9.97. The maximum Gasteiger partial charge on any atom is 0.200 e. The molecule has 2 aromatic rings. The first-order valence-electron chi connectivity index (χ1n) is 6.88. The van der Waals surface area contributed by atoms with Crippen LogP contribution >= 0.6 is 11.6 Å². The van der Waals surface area contributed by atoms with E-state index in [-0.39, 0.29) is 12.4 Å². The Labute approximate surface area is 130 Å². The molecule has 0 aliphatic heterocycles. The normalized spacial score (nSPS) is 10.5. The molecule has 0 radical (unpaired) electrons. The zero-order chi connectivity index (χ0) is 15.6. The first-order valence-corrected chi connectivity index (χ1v) is 7.26. The van der Waals surface area contributed by atoms with Gasteiger partial charge in [0, 0.05) is 10.6 Å². The molecule has 2 nitrogen and oxygen atoms in total. The molecule has 0 aromatic heterocycles. The van der Waals surface area contributed by atoms with E-state index in [4.69, 9.17) is 16.3 Å². The van der Waals surface area contributed by atoms with Crippen LogP contribution in [-0.4, -0.2) is 12.4 Å². The molecular formula is C18H19ClO2. The number of rotatable bonds is 4. The molecule has 0 amide bonds. The van der Waals surface area contributed by atoms with Gasteiger partial charge in [0.25, 0.3) is 0 Å². The third-order valence-corrected chi connectivity index (χ3v) is 3.88. The summed E-state index contributed by atoms with van der Waals surface area (Å²) in [6.45, 7) is 7.89. The standard InChI is InChI=1S/C18H19ClO2/c1-11-7-13(3)18(14(4)8-11)17(20)10-21-15-5-6-16(19)12(2)9-15/h5-9H,10H2,1-4H3. The van der Waals surface area contributed by atoms with Gasteiger partial charge < -0.3 is 4.74 Å². The van der Waals surface area contributed by atoms with Crippen molar-refractivity contribution in [2.45, 2.75) is 27.7 Å². The SMILES string of the molecule is Cc1cc(C)c(C(=O)COc2ccc(Cl)c(C)c2)c(C)c1. The van der Waals surface area contributed by atoms with Crippen molar-refractivity contribution >= 4 is 17.4 Å². The Morgan fingerprint density at radius 2 is 1.62 bits per heavy atom. The van der Waals surface area contributed by atoms with E-state index in [1.165, 1.54) is 0 Å². The van der Waals surface area contributed by atoms with Crippen LogP contribution in [0.3, 0.4) is 0 Å². The van der Waals surface area contributed by atoms with Crippen LogP contribution in [0.1, 0.15) is 32.6 Å². The average molecular weight is 303 g/mol. The molecule has 0 spiro atoms. The van der Waals surface area contributed by atoms with Gasteiger partial charge in [-0.25, -0.2) is 0 Å². The maximum absolute atomic E-state index is 12.4. The van der Waals surface area contributed by atoms with Crippen molar-refractivity contribution in [1.82, 2.24) is 0 Å². The third-order valence-electron chi connectivity index (χ3n) is 3.46. The number of aryl methyl sites for hydroxylation is 4. The Bertz CT molecular complexity index is 667. The third kappa shape index (κ3) is 3.64. The molecule has 0 fully saturated rings. The molecule has 0 aliphatic carbocycles. The van der Waals surface area contributed by atoms with Gasteiger partial charge in [0.15, 0.2) is 6.61 Å². The van der Waals surface area contributed by atoms with E-state index in [1.807, 2.05) is 45.9 Å². The summed E-state index contributed by atoms with van der Waals surface area (Å²) in [5.74, 6) is 0.658. The van der Waals surface area contributed by atoms with Crippen LogP contribution in [-0.2, 0) is 0 Å². The minimum Gasteiger partial charge on any atom is -0.485 e. The smallest absolute Gasteiger partial charge is 0.200 e. The van der Waals surface area contributed by atoms with Crippen LogP contribution in [0.4, 0.5) is 0 Å². The predicted molar refractivity (Wildman–Crippen MR) is 86.7 cm³/mol. The summed E-state index contributed by atoms with van der Waals surface area (Å²) in [4.78, 5) is 12.4. The van der Waals surface area contributed by atoms with E-state index in [0.29, 0.717) is 10.8 Å². The minimum absolute atomic E-state index is 0.00222. The van der Waals surface area contributed by atoms with Gasteiger partial charge in [-0.3, -0.25) is 4.79 Å². The van der Waals surface area contributed by atoms with Gasteiger partial charge in [-0.2, -0.15) is 0 Å². The summed E-state index contributed by atoms with van der Waals surface area (Å²) in [5, 5.41) is 0.693. The van der Waals surface area contributed by atoms with Crippen molar-refractivity contribution < 1.29 is 9.53 Å². The van der Waals surface area contributed by atoms with Crippen LogP contribution < -0.4 is 4.74 Å². The number of halogens is 1. The van der Waals surface area contributed by atoms with E-state index in [0.717, 1.165) is 27.8 Å². The van der Waals surface area contributed by atoms with E-state index in [2.05, 4.69) is 0 Å². The van der Waals surface area contributed by atoms with Gasteiger partial charge in [0.1, 0.15) is 5.75 Å². The molecule has 0 heterocycles. The monoisotopic (exact) mass is 302 g/mol. The summed E-state index contributed by atoms with van der Waals surface area (Å²) in [6, 6.07) is 9.43. The van der Waals surface area contributed by atoms with Crippen LogP contribution in [0, 0.1) is 27.7 Å². The zero-order valence-corrected chi connectivity index (χ0v) is 13.5. The van der Waals surface area contributed by atoms with E-state index in [1.54, 1.807) is 12.1 Å². The highest BCUT2D eigenvalue weighted by atomic mass is 35.5. The highest BCUT2D eigenvalue weighted by Gasteiger charge is 2.13.